The van der Waals surface area contributed by atoms with Crippen LogP contribution in [0.5, 0.6) is 5.75 Å². The zero-order valence-corrected chi connectivity index (χ0v) is 19.2. The van der Waals surface area contributed by atoms with Gasteiger partial charge in [0, 0.05) is 24.4 Å². The molecule has 182 valence electrons. The molecule has 7 heteroatoms. The van der Waals surface area contributed by atoms with Crippen molar-refractivity contribution in [3.8, 4) is 5.75 Å². The summed E-state index contributed by atoms with van der Waals surface area (Å²) in [6, 6.07) is 17.1. The standard InChI is InChI=1S/C28H25F4NO2/c1-34-17-20-12-13-33-23(15-20)9-3-18-4-10-24-22(14-18)8-7-21(27(24)30)6-2-19-5-11-26(25(29)16-19)35-28(31)32/h4-5,7-8,10-16,28H,2-3,6,9,17H2,1H3. The Hall–Kier alpha value is -3.45. The van der Waals surface area contributed by atoms with Crippen LogP contribution in [0.2, 0.25) is 0 Å². The lowest BCUT2D eigenvalue weighted by Gasteiger charge is -2.10. The molecule has 1 aromatic heterocycles. The number of hydrogen-bond donors (Lipinski definition) is 0. The number of aromatic nitrogens is 1. The molecule has 0 N–H and O–H groups in total. The van der Waals surface area contributed by atoms with E-state index in [-0.39, 0.29) is 5.82 Å². The molecular formula is C28H25F4NO2. The van der Waals surface area contributed by atoms with E-state index in [1.165, 1.54) is 12.1 Å². The molecule has 0 saturated heterocycles. The highest BCUT2D eigenvalue weighted by molar-refractivity contribution is 5.84. The molecule has 1 heterocycles. The third-order valence-corrected chi connectivity index (χ3v) is 5.86. The van der Waals surface area contributed by atoms with E-state index in [9.17, 15) is 13.2 Å². The number of aryl methyl sites for hydroxylation is 4. The van der Waals surface area contributed by atoms with Crippen molar-refractivity contribution in [1.29, 1.82) is 0 Å². The Labute approximate surface area is 201 Å². The Kier molecular flexibility index (Phi) is 7.98. The summed E-state index contributed by atoms with van der Waals surface area (Å²) in [6.07, 6.45) is 4.03. The molecule has 4 rings (SSSR count). The molecular weight excluding hydrogens is 458 g/mol. The van der Waals surface area contributed by atoms with Gasteiger partial charge in [0.1, 0.15) is 5.82 Å². The fourth-order valence-electron chi connectivity index (χ4n) is 4.10. The molecule has 0 amide bonds. The summed E-state index contributed by atoms with van der Waals surface area (Å²) in [5, 5.41) is 1.34. The smallest absolute Gasteiger partial charge is 0.387 e. The number of alkyl halides is 2. The third kappa shape index (κ3) is 6.36. The number of nitrogens with zero attached hydrogens (tertiary/aromatic N) is 1. The minimum atomic E-state index is -3.09. The van der Waals surface area contributed by atoms with Gasteiger partial charge in [-0.1, -0.05) is 36.4 Å². The van der Waals surface area contributed by atoms with Crippen molar-refractivity contribution < 1.29 is 27.0 Å². The van der Waals surface area contributed by atoms with E-state index in [1.807, 2.05) is 30.3 Å². The summed E-state index contributed by atoms with van der Waals surface area (Å²) < 4.78 is 63.0. The van der Waals surface area contributed by atoms with Crippen LogP contribution < -0.4 is 4.74 Å². The number of rotatable bonds is 10. The van der Waals surface area contributed by atoms with Crippen molar-refractivity contribution in [2.75, 3.05) is 7.11 Å². The maximum Gasteiger partial charge on any atom is 0.387 e. The van der Waals surface area contributed by atoms with Crippen LogP contribution in [0.1, 0.15) is 27.9 Å². The average Bonchev–Trinajstić information content (AvgIpc) is 2.84. The van der Waals surface area contributed by atoms with Gasteiger partial charge in [0.05, 0.1) is 6.61 Å². The van der Waals surface area contributed by atoms with Crippen molar-refractivity contribution in [1.82, 2.24) is 4.98 Å². The zero-order valence-electron chi connectivity index (χ0n) is 19.2. The number of fused-ring (bicyclic) bond motifs is 1. The van der Waals surface area contributed by atoms with Crippen molar-refractivity contribution in [2.45, 2.75) is 38.9 Å². The highest BCUT2D eigenvalue weighted by atomic mass is 19.3. The average molecular weight is 484 g/mol. The van der Waals surface area contributed by atoms with E-state index in [2.05, 4.69) is 9.72 Å². The number of benzene rings is 3. The zero-order chi connectivity index (χ0) is 24.8. The molecule has 0 atom stereocenters. The second-order valence-corrected chi connectivity index (χ2v) is 8.33. The van der Waals surface area contributed by atoms with E-state index >= 15 is 4.39 Å². The molecule has 35 heavy (non-hydrogen) atoms. The molecule has 0 bridgehead atoms. The van der Waals surface area contributed by atoms with Crippen LogP contribution in [0.25, 0.3) is 10.8 Å². The van der Waals surface area contributed by atoms with Crippen molar-refractivity contribution >= 4 is 10.8 Å². The highest BCUT2D eigenvalue weighted by Gasteiger charge is 2.12. The largest absolute Gasteiger partial charge is 0.432 e. The van der Waals surface area contributed by atoms with Crippen LogP contribution in [-0.4, -0.2) is 18.7 Å². The van der Waals surface area contributed by atoms with E-state index in [0.717, 1.165) is 41.1 Å². The van der Waals surface area contributed by atoms with Gasteiger partial charge in [0.25, 0.3) is 0 Å². The summed E-state index contributed by atoms with van der Waals surface area (Å²) in [5.74, 6) is -1.68. The fraction of sp³-hybridized carbons (Fsp3) is 0.250. The summed E-state index contributed by atoms with van der Waals surface area (Å²) >= 11 is 0. The van der Waals surface area contributed by atoms with Gasteiger partial charge in [-0.3, -0.25) is 4.98 Å². The molecule has 3 nitrogen and oxygen atoms in total. The Balaban J connectivity index is 1.42. The Morgan fingerprint density at radius 3 is 2.34 bits per heavy atom. The predicted molar refractivity (Wildman–Crippen MR) is 127 cm³/mol. The molecule has 0 saturated carbocycles. The van der Waals surface area contributed by atoms with Gasteiger partial charge in [-0.25, -0.2) is 8.78 Å². The molecule has 0 radical (unpaired) electrons. The molecule has 0 aliphatic heterocycles. The van der Waals surface area contributed by atoms with E-state index < -0.39 is 18.2 Å². The van der Waals surface area contributed by atoms with E-state index in [1.54, 1.807) is 25.4 Å². The van der Waals surface area contributed by atoms with Crippen molar-refractivity contribution in [2.24, 2.45) is 0 Å². The van der Waals surface area contributed by atoms with Crippen LogP contribution in [0, 0.1) is 11.6 Å². The SMILES string of the molecule is COCc1ccnc(CCc2ccc3c(F)c(CCc4ccc(OC(F)F)c(F)c4)ccc3c2)c1. The van der Waals surface area contributed by atoms with Crippen LogP contribution in [0.3, 0.4) is 0 Å². The first-order valence-corrected chi connectivity index (χ1v) is 11.3. The molecule has 4 aromatic rings. The van der Waals surface area contributed by atoms with Crippen LogP contribution in [-0.2, 0) is 37.0 Å². The van der Waals surface area contributed by atoms with Crippen molar-refractivity contribution in [3.63, 3.8) is 0 Å². The maximum absolute atomic E-state index is 15.2. The summed E-state index contributed by atoms with van der Waals surface area (Å²) in [4.78, 5) is 4.41. The summed E-state index contributed by atoms with van der Waals surface area (Å²) in [7, 11) is 1.66. The maximum atomic E-state index is 15.2. The first-order valence-electron chi connectivity index (χ1n) is 11.3. The number of halogens is 4. The third-order valence-electron chi connectivity index (χ3n) is 5.86. The van der Waals surface area contributed by atoms with Crippen LogP contribution >= 0.6 is 0 Å². The van der Waals surface area contributed by atoms with Gasteiger partial charge in [0.2, 0.25) is 0 Å². The number of ether oxygens (including phenoxy) is 2. The lowest BCUT2D eigenvalue weighted by atomic mass is 9.97. The number of hydrogen-bond acceptors (Lipinski definition) is 3. The van der Waals surface area contributed by atoms with Gasteiger partial charge < -0.3 is 9.47 Å². The quantitative estimate of drug-likeness (QED) is 0.232. The second kappa shape index (κ2) is 11.3. The van der Waals surface area contributed by atoms with Gasteiger partial charge >= 0.3 is 6.61 Å². The lowest BCUT2D eigenvalue weighted by Crippen LogP contribution is -2.04. The highest BCUT2D eigenvalue weighted by Crippen LogP contribution is 2.25. The topological polar surface area (TPSA) is 31.4 Å². The van der Waals surface area contributed by atoms with E-state index in [4.69, 9.17) is 4.74 Å². The number of pyridine rings is 1. The lowest BCUT2D eigenvalue weighted by molar-refractivity contribution is -0.0522. The van der Waals surface area contributed by atoms with Crippen LogP contribution in [0.15, 0.2) is 66.9 Å². The van der Waals surface area contributed by atoms with Gasteiger partial charge in [-0.15, -0.1) is 0 Å². The number of methoxy groups -OCH3 is 1. The molecule has 0 aliphatic rings. The van der Waals surface area contributed by atoms with Gasteiger partial charge in [0.15, 0.2) is 11.6 Å². The fourth-order valence-corrected chi connectivity index (χ4v) is 4.10. The Morgan fingerprint density at radius 1 is 0.800 bits per heavy atom. The first kappa shape index (κ1) is 24.7. The Morgan fingerprint density at radius 2 is 1.57 bits per heavy atom. The van der Waals surface area contributed by atoms with Gasteiger partial charge in [-0.05, 0) is 77.6 Å². The first-order chi connectivity index (χ1) is 16.9. The normalized spacial score (nSPS) is 11.4. The summed E-state index contributed by atoms with van der Waals surface area (Å²) in [5.41, 5.74) is 4.22. The minimum Gasteiger partial charge on any atom is -0.432 e. The monoisotopic (exact) mass is 483 g/mol. The molecule has 0 fully saturated rings. The molecule has 0 unspecified atom stereocenters. The minimum absolute atomic E-state index is 0.305. The second-order valence-electron chi connectivity index (χ2n) is 8.33. The predicted octanol–water partition coefficient (Wildman–Crippen LogP) is 6.83. The molecule has 0 aliphatic carbocycles. The molecule has 0 spiro atoms. The summed E-state index contributed by atoms with van der Waals surface area (Å²) in [6.45, 7) is -2.55. The molecule has 3 aromatic carbocycles. The van der Waals surface area contributed by atoms with E-state index in [0.29, 0.717) is 36.0 Å². The van der Waals surface area contributed by atoms with Gasteiger partial charge in [-0.2, -0.15) is 8.78 Å². The van der Waals surface area contributed by atoms with Crippen LogP contribution in [0.4, 0.5) is 17.6 Å². The van der Waals surface area contributed by atoms with Crippen molar-refractivity contribution in [3.05, 3.63) is 106 Å². The Bertz CT molecular complexity index is 1310.